The van der Waals surface area contributed by atoms with E-state index in [0.717, 1.165) is 29.2 Å². The van der Waals surface area contributed by atoms with E-state index in [9.17, 15) is 9.59 Å². The Morgan fingerprint density at radius 2 is 2.13 bits per heavy atom. The molecule has 120 valence electrons. The lowest BCUT2D eigenvalue weighted by molar-refractivity contribution is -0.135. The average molecular weight is 349 g/mol. The Labute approximate surface area is 142 Å². The first-order valence-corrected chi connectivity index (χ1v) is 8.55. The van der Waals surface area contributed by atoms with Gasteiger partial charge in [0.05, 0.1) is 18.2 Å². The van der Waals surface area contributed by atoms with Gasteiger partial charge < -0.3 is 4.74 Å². The van der Waals surface area contributed by atoms with Crippen molar-refractivity contribution < 1.29 is 14.3 Å². The summed E-state index contributed by atoms with van der Waals surface area (Å²) >= 11 is 2.81. The molecular weight excluding hydrogens is 334 g/mol. The number of benzene rings is 1. The number of nitrogens with one attached hydrogen (secondary N) is 1. The second-order valence-electron chi connectivity index (χ2n) is 4.24. The monoisotopic (exact) mass is 349 g/mol. The highest BCUT2D eigenvalue weighted by Crippen LogP contribution is 2.23. The molecule has 6 nitrogen and oxygen atoms in total. The molecule has 1 aromatic rings. The molecular formula is C15H15N3O3S2. The molecule has 1 amide bonds. The van der Waals surface area contributed by atoms with Crippen LogP contribution in [-0.4, -0.2) is 36.1 Å². The highest BCUT2D eigenvalue weighted by Gasteiger charge is 2.24. The van der Waals surface area contributed by atoms with E-state index in [1.807, 2.05) is 24.3 Å². The molecule has 0 radical (unpaired) electrons. The second-order valence-corrected chi connectivity index (χ2v) is 6.61. The van der Waals surface area contributed by atoms with Crippen LogP contribution >= 0.6 is 23.5 Å². The van der Waals surface area contributed by atoms with E-state index in [1.165, 1.54) is 12.0 Å². The lowest BCUT2D eigenvalue weighted by Crippen LogP contribution is -2.19. The molecule has 0 bridgehead atoms. The summed E-state index contributed by atoms with van der Waals surface area (Å²) in [6, 6.07) is 7.94. The smallest absolute Gasteiger partial charge is 0.331 e. The SMILES string of the molecule is CCSc1ccc(C=N/N=C2/NC(=O)/C(=C\C(=O)OC)S2)cc1. The maximum absolute atomic E-state index is 11.6. The second kappa shape index (κ2) is 8.54. The highest BCUT2D eigenvalue weighted by atomic mass is 32.2. The fourth-order valence-electron chi connectivity index (χ4n) is 1.61. The summed E-state index contributed by atoms with van der Waals surface area (Å²) in [6.45, 7) is 2.10. The fraction of sp³-hybridized carbons (Fsp3) is 0.200. The lowest BCUT2D eigenvalue weighted by Gasteiger charge is -1.97. The van der Waals surface area contributed by atoms with Crippen molar-refractivity contribution in [2.75, 3.05) is 12.9 Å². The molecule has 0 aromatic heterocycles. The third-order valence-electron chi connectivity index (χ3n) is 2.65. The summed E-state index contributed by atoms with van der Waals surface area (Å²) in [6.07, 6.45) is 2.72. The number of amidine groups is 1. The quantitative estimate of drug-likeness (QED) is 0.290. The van der Waals surface area contributed by atoms with Crippen LogP contribution < -0.4 is 5.32 Å². The zero-order valence-corrected chi connectivity index (χ0v) is 14.2. The zero-order valence-electron chi connectivity index (χ0n) is 12.6. The number of nitrogens with zero attached hydrogens (tertiary/aromatic N) is 2. The van der Waals surface area contributed by atoms with Crippen LogP contribution in [0.4, 0.5) is 0 Å². The molecule has 1 fully saturated rings. The van der Waals surface area contributed by atoms with Crippen LogP contribution in [0.1, 0.15) is 12.5 Å². The van der Waals surface area contributed by atoms with Gasteiger partial charge in [-0.1, -0.05) is 19.1 Å². The van der Waals surface area contributed by atoms with Crippen molar-refractivity contribution in [3.8, 4) is 0 Å². The molecule has 0 atom stereocenters. The first-order chi connectivity index (χ1) is 11.1. The number of methoxy groups -OCH3 is 1. The van der Waals surface area contributed by atoms with Crippen molar-refractivity contribution in [1.82, 2.24) is 5.32 Å². The van der Waals surface area contributed by atoms with Crippen LogP contribution in [0.15, 0.2) is 50.3 Å². The predicted molar refractivity (Wildman–Crippen MR) is 93.7 cm³/mol. The van der Waals surface area contributed by atoms with Crippen LogP contribution in [0.25, 0.3) is 0 Å². The van der Waals surface area contributed by atoms with Gasteiger partial charge in [-0.15, -0.1) is 16.9 Å². The normalized spacial score (nSPS) is 17.9. The van der Waals surface area contributed by atoms with Gasteiger partial charge in [-0.3, -0.25) is 10.1 Å². The van der Waals surface area contributed by atoms with Gasteiger partial charge >= 0.3 is 5.97 Å². The summed E-state index contributed by atoms with van der Waals surface area (Å²) in [5.74, 6) is 0.0483. The van der Waals surface area contributed by atoms with Gasteiger partial charge in [0.25, 0.3) is 5.91 Å². The van der Waals surface area contributed by atoms with Crippen LogP contribution in [0.2, 0.25) is 0 Å². The number of rotatable bonds is 5. The standard InChI is InChI=1S/C15H15N3O3S2/c1-3-22-11-6-4-10(5-7-11)9-16-18-15-17-14(20)12(23-15)8-13(19)21-2/h4-9H,3H2,1-2H3,(H,17,18,20)/b12-8+,16-9?. The van der Waals surface area contributed by atoms with Gasteiger partial charge in [0, 0.05) is 11.0 Å². The molecule has 8 heteroatoms. The first kappa shape index (κ1) is 17.3. The fourth-order valence-corrected chi connectivity index (χ4v) is 3.01. The molecule has 0 unspecified atom stereocenters. The van der Waals surface area contributed by atoms with E-state index in [0.29, 0.717) is 5.17 Å². The van der Waals surface area contributed by atoms with Gasteiger partial charge in [0.15, 0.2) is 5.17 Å². The van der Waals surface area contributed by atoms with Crippen molar-refractivity contribution >= 4 is 46.8 Å². The Balaban J connectivity index is 1.99. The third kappa shape index (κ3) is 5.26. The van der Waals surface area contributed by atoms with Crippen molar-refractivity contribution in [2.45, 2.75) is 11.8 Å². The molecule has 23 heavy (non-hydrogen) atoms. The van der Waals surface area contributed by atoms with Gasteiger partial charge in [-0.2, -0.15) is 5.10 Å². The minimum Gasteiger partial charge on any atom is -0.466 e. The maximum Gasteiger partial charge on any atom is 0.331 e. The summed E-state index contributed by atoms with van der Waals surface area (Å²) in [5.41, 5.74) is 0.912. The minimum absolute atomic E-state index is 0.228. The van der Waals surface area contributed by atoms with Gasteiger partial charge in [0.1, 0.15) is 0 Å². The van der Waals surface area contributed by atoms with E-state index in [4.69, 9.17) is 0 Å². The van der Waals surface area contributed by atoms with Gasteiger partial charge in [-0.25, -0.2) is 4.79 Å². The number of esters is 1. The Morgan fingerprint density at radius 3 is 2.78 bits per heavy atom. The molecule has 2 rings (SSSR count). The highest BCUT2D eigenvalue weighted by molar-refractivity contribution is 8.18. The maximum atomic E-state index is 11.6. The predicted octanol–water partition coefficient (Wildman–Crippen LogP) is 2.41. The summed E-state index contributed by atoms with van der Waals surface area (Å²) < 4.78 is 4.48. The van der Waals surface area contributed by atoms with Crippen molar-refractivity contribution in [1.29, 1.82) is 0 Å². The average Bonchev–Trinajstić information content (AvgIpc) is 2.89. The van der Waals surface area contributed by atoms with Crippen LogP contribution in [0.5, 0.6) is 0 Å². The summed E-state index contributed by atoms with van der Waals surface area (Å²) in [5, 5.41) is 10.7. The van der Waals surface area contributed by atoms with Crippen LogP contribution in [-0.2, 0) is 14.3 Å². The third-order valence-corrected chi connectivity index (χ3v) is 4.44. The van der Waals surface area contributed by atoms with Crippen LogP contribution in [0, 0.1) is 0 Å². The largest absolute Gasteiger partial charge is 0.466 e. The molecule has 1 heterocycles. The van der Waals surface area contributed by atoms with E-state index in [-0.39, 0.29) is 4.91 Å². The molecule has 1 N–H and O–H groups in total. The number of carbonyl (C=O) groups is 2. The zero-order chi connectivity index (χ0) is 16.7. The Bertz CT molecular complexity index is 682. The summed E-state index contributed by atoms with van der Waals surface area (Å²) in [7, 11) is 1.25. The van der Waals surface area contributed by atoms with E-state index in [2.05, 4.69) is 27.2 Å². The Hall–Kier alpha value is -2.06. The van der Waals surface area contributed by atoms with E-state index >= 15 is 0 Å². The van der Waals surface area contributed by atoms with Gasteiger partial charge in [-0.05, 0) is 35.2 Å². The number of hydrogen-bond acceptors (Lipinski definition) is 7. The molecule has 1 saturated heterocycles. The summed E-state index contributed by atoms with van der Waals surface area (Å²) in [4.78, 5) is 24.2. The first-order valence-electron chi connectivity index (χ1n) is 6.75. The number of amides is 1. The molecule has 0 saturated carbocycles. The molecule has 1 aromatic carbocycles. The lowest BCUT2D eigenvalue weighted by atomic mass is 10.2. The Kier molecular flexibility index (Phi) is 6.42. The topological polar surface area (TPSA) is 80.1 Å². The van der Waals surface area contributed by atoms with Crippen molar-refractivity contribution in [3.05, 3.63) is 40.8 Å². The number of carbonyl (C=O) groups excluding carboxylic acids is 2. The van der Waals surface area contributed by atoms with Crippen molar-refractivity contribution in [3.63, 3.8) is 0 Å². The van der Waals surface area contributed by atoms with Gasteiger partial charge in [0.2, 0.25) is 0 Å². The Morgan fingerprint density at radius 1 is 1.39 bits per heavy atom. The number of hydrogen-bond donors (Lipinski definition) is 1. The number of thioether (sulfide) groups is 2. The number of ether oxygens (including phenoxy) is 1. The van der Waals surface area contributed by atoms with E-state index < -0.39 is 11.9 Å². The minimum atomic E-state index is -0.586. The molecule has 1 aliphatic heterocycles. The molecule has 0 aliphatic carbocycles. The molecule has 1 aliphatic rings. The molecule has 0 spiro atoms. The van der Waals surface area contributed by atoms with Crippen molar-refractivity contribution in [2.24, 2.45) is 10.2 Å². The van der Waals surface area contributed by atoms with E-state index in [1.54, 1.807) is 18.0 Å². The van der Waals surface area contributed by atoms with Crippen LogP contribution in [0.3, 0.4) is 0 Å².